The number of hydrogen-bond acceptors (Lipinski definition) is 2. The van der Waals surface area contributed by atoms with Crippen molar-refractivity contribution in [1.29, 1.82) is 0 Å². The number of hydrogen-bond donors (Lipinski definition) is 1. The predicted octanol–water partition coefficient (Wildman–Crippen LogP) is 3.59. The van der Waals surface area contributed by atoms with Crippen LogP contribution in [0.15, 0.2) is 36.4 Å². The molecule has 0 aliphatic carbocycles. The highest BCUT2D eigenvalue weighted by molar-refractivity contribution is 5.35. The van der Waals surface area contributed by atoms with Crippen molar-refractivity contribution in [3.63, 3.8) is 0 Å². The Hall–Kier alpha value is -1.78. The fourth-order valence-electron chi connectivity index (χ4n) is 2.80. The first-order chi connectivity index (χ1) is 10.1. The van der Waals surface area contributed by atoms with Crippen LogP contribution in [0.25, 0.3) is 0 Å². The van der Waals surface area contributed by atoms with Gasteiger partial charge in [0.05, 0.1) is 12.6 Å². The zero-order valence-electron chi connectivity index (χ0n) is 11.8. The predicted molar refractivity (Wildman–Crippen MR) is 76.9 cm³/mol. The van der Waals surface area contributed by atoms with Crippen molar-refractivity contribution in [3.8, 4) is 0 Å². The van der Waals surface area contributed by atoms with E-state index in [1.807, 2.05) is 24.3 Å². The van der Waals surface area contributed by atoms with E-state index in [4.69, 9.17) is 10.5 Å². The van der Waals surface area contributed by atoms with Crippen molar-refractivity contribution in [2.75, 3.05) is 6.61 Å². The first-order valence-electron chi connectivity index (χ1n) is 6.99. The largest absolute Gasteiger partial charge is 0.371 e. The lowest BCUT2D eigenvalue weighted by atomic mass is 9.90. The number of fused-ring (bicyclic) bond motifs is 1. The Morgan fingerprint density at radius 3 is 2.71 bits per heavy atom. The molecule has 2 atom stereocenters. The van der Waals surface area contributed by atoms with Crippen LogP contribution in [0, 0.1) is 18.6 Å². The van der Waals surface area contributed by atoms with Crippen LogP contribution in [0.2, 0.25) is 0 Å². The van der Waals surface area contributed by atoms with E-state index in [9.17, 15) is 8.78 Å². The first kappa shape index (κ1) is 14.2. The Labute approximate surface area is 122 Å². The summed E-state index contributed by atoms with van der Waals surface area (Å²) in [6.07, 6.45) is 0.357. The number of nitrogens with two attached hydrogens (primary N) is 1. The van der Waals surface area contributed by atoms with Crippen LogP contribution in [-0.2, 0) is 11.2 Å². The molecule has 3 rings (SSSR count). The molecule has 0 saturated carbocycles. The van der Waals surface area contributed by atoms with Crippen molar-refractivity contribution >= 4 is 0 Å². The fourth-order valence-corrected chi connectivity index (χ4v) is 2.80. The molecular formula is C17H17F2NO. The van der Waals surface area contributed by atoms with E-state index in [0.717, 1.165) is 17.5 Å². The molecule has 2 aromatic carbocycles. The van der Waals surface area contributed by atoms with Gasteiger partial charge in [-0.1, -0.05) is 36.4 Å². The summed E-state index contributed by atoms with van der Waals surface area (Å²) in [4.78, 5) is 0. The molecule has 2 unspecified atom stereocenters. The molecule has 0 fully saturated rings. The first-order valence-corrected chi connectivity index (χ1v) is 6.99. The van der Waals surface area contributed by atoms with Crippen LogP contribution in [0.3, 0.4) is 0 Å². The minimum Gasteiger partial charge on any atom is -0.371 e. The molecule has 21 heavy (non-hydrogen) atoms. The number of benzene rings is 2. The van der Waals surface area contributed by atoms with E-state index in [1.165, 1.54) is 6.92 Å². The minimum absolute atomic E-state index is 0.153. The summed E-state index contributed by atoms with van der Waals surface area (Å²) < 4.78 is 33.6. The van der Waals surface area contributed by atoms with Gasteiger partial charge in [0.1, 0.15) is 6.10 Å². The lowest BCUT2D eigenvalue weighted by Gasteiger charge is -2.31. The highest BCUT2D eigenvalue weighted by Gasteiger charge is 2.30. The molecule has 0 radical (unpaired) electrons. The van der Waals surface area contributed by atoms with Crippen LogP contribution in [-0.4, -0.2) is 6.61 Å². The molecule has 0 saturated heterocycles. The zero-order chi connectivity index (χ0) is 15.0. The Morgan fingerprint density at radius 2 is 1.90 bits per heavy atom. The summed E-state index contributed by atoms with van der Waals surface area (Å²) in [5.41, 5.74) is 8.70. The second-order valence-electron chi connectivity index (χ2n) is 5.37. The van der Waals surface area contributed by atoms with Crippen molar-refractivity contribution in [3.05, 3.63) is 70.3 Å². The summed E-state index contributed by atoms with van der Waals surface area (Å²) in [6.45, 7) is 2.06. The monoisotopic (exact) mass is 289 g/mol. The van der Waals surface area contributed by atoms with Crippen molar-refractivity contribution < 1.29 is 13.5 Å². The van der Waals surface area contributed by atoms with E-state index in [2.05, 4.69) is 0 Å². The van der Waals surface area contributed by atoms with Crippen LogP contribution in [0.1, 0.15) is 34.4 Å². The number of rotatable bonds is 2. The summed E-state index contributed by atoms with van der Waals surface area (Å²) in [5, 5.41) is 0. The second-order valence-corrected chi connectivity index (χ2v) is 5.37. The van der Waals surface area contributed by atoms with Gasteiger partial charge in [-0.05, 0) is 30.0 Å². The average molecular weight is 289 g/mol. The van der Waals surface area contributed by atoms with Gasteiger partial charge in [0.2, 0.25) is 0 Å². The van der Waals surface area contributed by atoms with Crippen LogP contribution < -0.4 is 5.73 Å². The van der Waals surface area contributed by atoms with Crippen LogP contribution in [0.4, 0.5) is 8.78 Å². The maximum absolute atomic E-state index is 14.1. The van der Waals surface area contributed by atoms with Crippen LogP contribution in [0.5, 0.6) is 0 Å². The summed E-state index contributed by atoms with van der Waals surface area (Å²) in [6, 6.07) is 10.2. The highest BCUT2D eigenvalue weighted by Crippen LogP contribution is 2.36. The third-order valence-corrected chi connectivity index (χ3v) is 4.02. The second kappa shape index (κ2) is 5.54. The summed E-state index contributed by atoms with van der Waals surface area (Å²) >= 11 is 0. The fraction of sp³-hybridized carbons (Fsp3) is 0.294. The maximum atomic E-state index is 14.1. The van der Waals surface area contributed by atoms with E-state index in [-0.39, 0.29) is 11.1 Å². The Bertz CT molecular complexity index is 672. The SMILES string of the molecule is Cc1ccc(C(N)C2OCCc3ccccc32)c(F)c1F. The molecule has 0 aromatic heterocycles. The third-order valence-electron chi connectivity index (χ3n) is 4.02. The van der Waals surface area contributed by atoms with Gasteiger partial charge < -0.3 is 10.5 Å². The molecular weight excluding hydrogens is 272 g/mol. The average Bonchev–Trinajstić information content (AvgIpc) is 2.51. The van der Waals surface area contributed by atoms with Gasteiger partial charge in [0.15, 0.2) is 11.6 Å². The third kappa shape index (κ3) is 2.45. The summed E-state index contributed by atoms with van der Waals surface area (Å²) in [5.74, 6) is -1.72. The smallest absolute Gasteiger partial charge is 0.163 e. The van der Waals surface area contributed by atoms with Gasteiger partial charge >= 0.3 is 0 Å². The Balaban J connectivity index is 2.01. The molecule has 2 N–H and O–H groups in total. The minimum atomic E-state index is -0.880. The number of aryl methyl sites for hydroxylation is 1. The molecule has 0 spiro atoms. The van der Waals surface area contributed by atoms with Gasteiger partial charge in [-0.25, -0.2) is 8.78 Å². The van der Waals surface area contributed by atoms with E-state index >= 15 is 0 Å². The molecule has 110 valence electrons. The number of ether oxygens (including phenoxy) is 1. The molecule has 1 aliphatic heterocycles. The van der Waals surface area contributed by atoms with E-state index in [1.54, 1.807) is 12.1 Å². The van der Waals surface area contributed by atoms with Crippen molar-refractivity contribution in [2.45, 2.75) is 25.5 Å². The summed E-state index contributed by atoms with van der Waals surface area (Å²) in [7, 11) is 0. The highest BCUT2D eigenvalue weighted by atomic mass is 19.2. The lowest BCUT2D eigenvalue weighted by Crippen LogP contribution is -2.28. The zero-order valence-corrected chi connectivity index (χ0v) is 11.8. The van der Waals surface area contributed by atoms with E-state index in [0.29, 0.717) is 6.61 Å². The van der Waals surface area contributed by atoms with Crippen molar-refractivity contribution in [2.24, 2.45) is 5.73 Å². The van der Waals surface area contributed by atoms with E-state index < -0.39 is 23.8 Å². The molecule has 2 aromatic rings. The maximum Gasteiger partial charge on any atom is 0.163 e. The normalized spacial score (nSPS) is 19.1. The van der Waals surface area contributed by atoms with Crippen LogP contribution >= 0.6 is 0 Å². The van der Waals surface area contributed by atoms with Gasteiger partial charge in [0.25, 0.3) is 0 Å². The molecule has 0 amide bonds. The molecule has 1 heterocycles. The van der Waals surface area contributed by atoms with Gasteiger partial charge in [-0.15, -0.1) is 0 Å². The molecule has 1 aliphatic rings. The Morgan fingerprint density at radius 1 is 1.14 bits per heavy atom. The van der Waals surface area contributed by atoms with Gasteiger partial charge in [0, 0.05) is 5.56 Å². The van der Waals surface area contributed by atoms with Gasteiger partial charge in [-0.3, -0.25) is 0 Å². The number of halogens is 2. The molecule has 4 heteroatoms. The molecule has 0 bridgehead atoms. The van der Waals surface area contributed by atoms with Crippen molar-refractivity contribution in [1.82, 2.24) is 0 Å². The lowest BCUT2D eigenvalue weighted by molar-refractivity contribution is 0.0232. The Kier molecular flexibility index (Phi) is 3.74. The quantitative estimate of drug-likeness (QED) is 0.917. The molecule has 2 nitrogen and oxygen atoms in total. The van der Waals surface area contributed by atoms with Gasteiger partial charge in [-0.2, -0.15) is 0 Å². The standard InChI is InChI=1S/C17H17F2NO/c1-10-6-7-13(15(19)14(10)18)16(20)17-12-5-3-2-4-11(12)8-9-21-17/h2-7,16-17H,8-9,20H2,1H3. The topological polar surface area (TPSA) is 35.2 Å².